The van der Waals surface area contributed by atoms with Gasteiger partial charge in [-0.2, -0.15) is 0 Å². The first-order valence-corrected chi connectivity index (χ1v) is 7.32. The number of hydrogen-bond donors (Lipinski definition) is 3. The van der Waals surface area contributed by atoms with E-state index in [0.29, 0.717) is 16.8 Å². The number of hydrazine groups is 1. The third kappa shape index (κ3) is 2.69. The average Bonchev–Trinajstić information content (AvgIpc) is 3.32. The summed E-state index contributed by atoms with van der Waals surface area (Å²) in [7, 11) is 0. The van der Waals surface area contributed by atoms with Crippen molar-refractivity contribution in [3.8, 4) is 0 Å². The van der Waals surface area contributed by atoms with E-state index in [9.17, 15) is 4.79 Å². The van der Waals surface area contributed by atoms with E-state index in [0.717, 1.165) is 23.9 Å². The van der Waals surface area contributed by atoms with Gasteiger partial charge in [-0.25, -0.2) is 4.98 Å². The molecule has 2 aromatic rings. The Balaban J connectivity index is 1.84. The van der Waals surface area contributed by atoms with E-state index < -0.39 is 0 Å². The van der Waals surface area contributed by atoms with Crippen LogP contribution in [0.25, 0.3) is 10.9 Å². The number of amides is 1. The number of carbonyl (C=O) groups is 1. The molecule has 1 heterocycles. The molecular weight excluding hydrogens is 264 g/mol. The highest BCUT2D eigenvalue weighted by atomic mass is 16.1. The van der Waals surface area contributed by atoms with E-state index >= 15 is 0 Å². The van der Waals surface area contributed by atoms with Gasteiger partial charge in [0.1, 0.15) is 5.69 Å². The number of nitrogens with zero attached hydrogens (tertiary/aromatic N) is 1. The summed E-state index contributed by atoms with van der Waals surface area (Å²) in [6.07, 6.45) is 3.50. The number of nitrogen functional groups attached to an aromatic ring is 1. The number of hydrogen-bond acceptors (Lipinski definition) is 4. The highest BCUT2D eigenvalue weighted by molar-refractivity contribution is 5.99. The zero-order valence-electron chi connectivity index (χ0n) is 12.1. The van der Waals surface area contributed by atoms with Crippen molar-refractivity contribution in [2.24, 2.45) is 11.3 Å². The minimum Gasteiger partial charge on any atom is -0.350 e. The second-order valence-corrected chi connectivity index (χ2v) is 5.75. The van der Waals surface area contributed by atoms with E-state index in [1.54, 1.807) is 6.07 Å². The molecule has 0 unspecified atom stereocenters. The molecule has 21 heavy (non-hydrogen) atoms. The Labute approximate surface area is 123 Å². The first kappa shape index (κ1) is 13.8. The van der Waals surface area contributed by atoms with Crippen LogP contribution in [0.5, 0.6) is 0 Å². The lowest BCUT2D eigenvalue weighted by atomic mass is 10.0. The predicted octanol–water partition coefficient (Wildman–Crippen LogP) is 2.44. The molecule has 1 saturated carbocycles. The molecule has 1 amide bonds. The lowest BCUT2D eigenvalue weighted by molar-refractivity contribution is 0.0940. The Morgan fingerprint density at radius 3 is 2.81 bits per heavy atom. The maximum atomic E-state index is 12.3. The summed E-state index contributed by atoms with van der Waals surface area (Å²) in [5, 5.41) is 3.90. The van der Waals surface area contributed by atoms with Crippen LogP contribution < -0.4 is 16.6 Å². The number of nitrogens with two attached hydrogens (primary N) is 1. The monoisotopic (exact) mass is 284 g/mol. The summed E-state index contributed by atoms with van der Waals surface area (Å²) in [6, 6.07) is 9.32. The van der Waals surface area contributed by atoms with Gasteiger partial charge in [0.15, 0.2) is 0 Å². The van der Waals surface area contributed by atoms with Gasteiger partial charge in [0.2, 0.25) is 0 Å². The van der Waals surface area contributed by atoms with Crippen LogP contribution in [0.2, 0.25) is 0 Å². The standard InChI is InChI=1S/C16H20N4O/c1-2-16(7-8-16)10-18-15(21)14-9-13(20-17)11-5-3-4-6-12(11)19-14/h3-6,9H,2,7-8,10,17H2,1H3,(H,18,21)(H,19,20). The molecule has 1 aliphatic carbocycles. The topological polar surface area (TPSA) is 80.0 Å². The van der Waals surface area contributed by atoms with Crippen LogP contribution in [0.15, 0.2) is 30.3 Å². The van der Waals surface area contributed by atoms with E-state index in [4.69, 9.17) is 5.84 Å². The number of rotatable bonds is 5. The number of pyridine rings is 1. The van der Waals surface area contributed by atoms with Crippen molar-refractivity contribution in [2.45, 2.75) is 26.2 Å². The van der Waals surface area contributed by atoms with Crippen molar-refractivity contribution >= 4 is 22.5 Å². The number of carbonyl (C=O) groups excluding carboxylic acids is 1. The smallest absolute Gasteiger partial charge is 0.270 e. The first-order valence-electron chi connectivity index (χ1n) is 7.32. The molecule has 5 heteroatoms. The molecule has 0 bridgehead atoms. The van der Waals surface area contributed by atoms with E-state index in [1.807, 2.05) is 24.3 Å². The molecule has 1 aromatic carbocycles. The molecule has 3 rings (SSSR count). The van der Waals surface area contributed by atoms with E-state index in [2.05, 4.69) is 22.7 Å². The van der Waals surface area contributed by atoms with Gasteiger partial charge in [-0.15, -0.1) is 0 Å². The van der Waals surface area contributed by atoms with Gasteiger partial charge in [-0.1, -0.05) is 25.1 Å². The third-order valence-electron chi connectivity index (χ3n) is 4.44. The zero-order chi connectivity index (χ0) is 14.9. The van der Waals surface area contributed by atoms with Crippen LogP contribution in [0.3, 0.4) is 0 Å². The minimum absolute atomic E-state index is 0.142. The Kier molecular flexibility index (Phi) is 3.51. The summed E-state index contributed by atoms with van der Waals surface area (Å²) in [6.45, 7) is 2.89. The van der Waals surface area contributed by atoms with Crippen molar-refractivity contribution in [3.63, 3.8) is 0 Å². The molecule has 110 valence electrons. The van der Waals surface area contributed by atoms with Crippen LogP contribution in [0, 0.1) is 5.41 Å². The van der Waals surface area contributed by atoms with Crippen LogP contribution in [0.4, 0.5) is 5.69 Å². The van der Waals surface area contributed by atoms with Crippen LogP contribution in [-0.2, 0) is 0 Å². The largest absolute Gasteiger partial charge is 0.350 e. The normalized spacial score (nSPS) is 15.7. The second kappa shape index (κ2) is 5.33. The quantitative estimate of drug-likeness (QED) is 0.582. The zero-order valence-corrected chi connectivity index (χ0v) is 12.1. The van der Waals surface area contributed by atoms with Crippen molar-refractivity contribution < 1.29 is 4.79 Å². The number of benzene rings is 1. The van der Waals surface area contributed by atoms with Gasteiger partial charge in [-0.3, -0.25) is 10.6 Å². The first-order chi connectivity index (χ1) is 10.2. The Hall–Kier alpha value is -2.14. The number of para-hydroxylation sites is 1. The number of anilines is 1. The summed E-state index contributed by atoms with van der Waals surface area (Å²) in [5.74, 6) is 5.41. The van der Waals surface area contributed by atoms with Gasteiger partial charge in [0.25, 0.3) is 5.91 Å². The SMILES string of the molecule is CCC1(CNC(=O)c2cc(NN)c3ccccc3n2)CC1. The van der Waals surface area contributed by atoms with E-state index in [1.165, 1.54) is 12.8 Å². The predicted molar refractivity (Wildman–Crippen MR) is 83.8 cm³/mol. The van der Waals surface area contributed by atoms with Gasteiger partial charge < -0.3 is 10.7 Å². The highest BCUT2D eigenvalue weighted by Crippen LogP contribution is 2.47. The molecule has 1 aliphatic rings. The number of nitrogens with one attached hydrogen (secondary N) is 2. The van der Waals surface area contributed by atoms with Crippen LogP contribution >= 0.6 is 0 Å². The Bertz CT molecular complexity index is 679. The second-order valence-electron chi connectivity index (χ2n) is 5.75. The Morgan fingerprint density at radius 2 is 2.14 bits per heavy atom. The Morgan fingerprint density at radius 1 is 1.38 bits per heavy atom. The molecule has 0 saturated heterocycles. The van der Waals surface area contributed by atoms with Crippen molar-refractivity contribution in [1.29, 1.82) is 0 Å². The summed E-state index contributed by atoms with van der Waals surface area (Å²) in [5.41, 5.74) is 4.83. The molecule has 0 radical (unpaired) electrons. The molecular formula is C16H20N4O. The van der Waals surface area contributed by atoms with Gasteiger partial charge in [-0.05, 0) is 36.8 Å². The average molecular weight is 284 g/mol. The van der Waals surface area contributed by atoms with Crippen molar-refractivity contribution in [3.05, 3.63) is 36.0 Å². The fourth-order valence-corrected chi connectivity index (χ4v) is 2.60. The molecule has 4 N–H and O–H groups in total. The van der Waals surface area contributed by atoms with Crippen LogP contribution in [-0.4, -0.2) is 17.4 Å². The van der Waals surface area contributed by atoms with Gasteiger partial charge in [0.05, 0.1) is 11.2 Å². The molecule has 0 aliphatic heterocycles. The molecule has 0 spiro atoms. The lowest BCUT2D eigenvalue weighted by Gasteiger charge is -2.14. The van der Waals surface area contributed by atoms with Crippen molar-refractivity contribution in [1.82, 2.24) is 10.3 Å². The van der Waals surface area contributed by atoms with Crippen LogP contribution in [0.1, 0.15) is 36.7 Å². The molecule has 0 atom stereocenters. The molecule has 1 aromatic heterocycles. The highest BCUT2D eigenvalue weighted by Gasteiger charge is 2.40. The fourth-order valence-electron chi connectivity index (χ4n) is 2.60. The maximum Gasteiger partial charge on any atom is 0.270 e. The fraction of sp³-hybridized carbons (Fsp3) is 0.375. The minimum atomic E-state index is -0.142. The number of fused-ring (bicyclic) bond motifs is 1. The van der Waals surface area contributed by atoms with E-state index in [-0.39, 0.29) is 5.91 Å². The van der Waals surface area contributed by atoms with Gasteiger partial charge in [0, 0.05) is 11.9 Å². The molecule has 5 nitrogen and oxygen atoms in total. The summed E-state index contributed by atoms with van der Waals surface area (Å²) >= 11 is 0. The maximum absolute atomic E-state index is 12.3. The third-order valence-corrected chi connectivity index (χ3v) is 4.44. The number of aromatic nitrogens is 1. The lowest BCUT2D eigenvalue weighted by Crippen LogP contribution is -2.30. The molecule has 1 fully saturated rings. The summed E-state index contributed by atoms with van der Waals surface area (Å²) in [4.78, 5) is 16.7. The van der Waals surface area contributed by atoms with Crippen molar-refractivity contribution in [2.75, 3.05) is 12.0 Å². The summed E-state index contributed by atoms with van der Waals surface area (Å²) < 4.78 is 0. The van der Waals surface area contributed by atoms with Gasteiger partial charge >= 0.3 is 0 Å².